The fourth-order valence-electron chi connectivity index (χ4n) is 1.23. The second-order valence-electron chi connectivity index (χ2n) is 3.67. The molecule has 0 bridgehead atoms. The van der Waals surface area contributed by atoms with Crippen molar-refractivity contribution in [3.63, 3.8) is 0 Å². The van der Waals surface area contributed by atoms with Crippen molar-refractivity contribution in [2.75, 3.05) is 12.3 Å². The molecule has 0 spiro atoms. The topological polar surface area (TPSA) is 92.4 Å². The third-order valence-electron chi connectivity index (χ3n) is 2.18. The zero-order chi connectivity index (χ0) is 12.3. The molecule has 0 heterocycles. The van der Waals surface area contributed by atoms with E-state index in [1.54, 1.807) is 19.1 Å². The standard InChI is InChI=1S/C10H16N2O3S/c1-7(13)6-12-16(14,15)10-5-3-4-9(11)8(10)2/h3-5,7,12-13H,6,11H2,1-2H3. The second-order valence-corrected chi connectivity index (χ2v) is 5.41. The SMILES string of the molecule is Cc1c(N)cccc1S(=O)(=O)NCC(C)O. The Bertz CT molecular complexity index is 469. The Morgan fingerprint density at radius 3 is 2.69 bits per heavy atom. The maximum Gasteiger partial charge on any atom is 0.240 e. The number of aliphatic hydroxyl groups is 1. The number of aliphatic hydroxyl groups excluding tert-OH is 1. The molecule has 1 aromatic carbocycles. The Morgan fingerprint density at radius 2 is 2.12 bits per heavy atom. The molecule has 1 atom stereocenters. The van der Waals surface area contributed by atoms with E-state index in [1.807, 2.05) is 0 Å². The molecule has 6 heteroatoms. The summed E-state index contributed by atoms with van der Waals surface area (Å²) in [6, 6.07) is 4.71. The second kappa shape index (κ2) is 4.82. The number of anilines is 1. The quantitative estimate of drug-likeness (QED) is 0.661. The summed E-state index contributed by atoms with van der Waals surface area (Å²) < 4.78 is 26.0. The third kappa shape index (κ3) is 2.94. The van der Waals surface area contributed by atoms with Crippen LogP contribution in [0.25, 0.3) is 0 Å². The average Bonchev–Trinajstić information content (AvgIpc) is 2.19. The number of benzene rings is 1. The van der Waals surface area contributed by atoms with Crippen LogP contribution in [0.3, 0.4) is 0 Å². The smallest absolute Gasteiger partial charge is 0.240 e. The molecule has 16 heavy (non-hydrogen) atoms. The first-order valence-electron chi connectivity index (χ1n) is 4.87. The zero-order valence-electron chi connectivity index (χ0n) is 9.27. The van der Waals surface area contributed by atoms with Crippen LogP contribution in [0.15, 0.2) is 23.1 Å². The molecular formula is C10H16N2O3S. The number of hydrogen-bond donors (Lipinski definition) is 3. The van der Waals surface area contributed by atoms with Crippen molar-refractivity contribution in [1.82, 2.24) is 4.72 Å². The summed E-state index contributed by atoms with van der Waals surface area (Å²) in [6.07, 6.45) is -0.726. The van der Waals surface area contributed by atoms with Gasteiger partial charge in [-0.2, -0.15) is 0 Å². The van der Waals surface area contributed by atoms with Crippen LogP contribution in [-0.2, 0) is 10.0 Å². The number of hydrogen-bond acceptors (Lipinski definition) is 4. The van der Waals surface area contributed by atoms with Gasteiger partial charge >= 0.3 is 0 Å². The molecular weight excluding hydrogens is 228 g/mol. The van der Waals surface area contributed by atoms with Crippen molar-refractivity contribution in [2.45, 2.75) is 24.8 Å². The molecule has 0 amide bonds. The van der Waals surface area contributed by atoms with Gasteiger partial charge in [0.25, 0.3) is 0 Å². The Labute approximate surface area is 95.3 Å². The Balaban J connectivity index is 3.03. The van der Waals surface area contributed by atoms with Gasteiger partial charge < -0.3 is 10.8 Å². The molecule has 0 aromatic heterocycles. The largest absolute Gasteiger partial charge is 0.398 e. The lowest BCUT2D eigenvalue weighted by Gasteiger charge is -2.11. The Morgan fingerprint density at radius 1 is 1.50 bits per heavy atom. The van der Waals surface area contributed by atoms with E-state index in [0.29, 0.717) is 11.3 Å². The van der Waals surface area contributed by atoms with Crippen LogP contribution in [0, 0.1) is 6.92 Å². The molecule has 0 saturated carbocycles. The van der Waals surface area contributed by atoms with Gasteiger partial charge in [0.2, 0.25) is 10.0 Å². The number of nitrogens with two attached hydrogens (primary N) is 1. The lowest BCUT2D eigenvalue weighted by atomic mass is 10.2. The van der Waals surface area contributed by atoms with Crippen molar-refractivity contribution >= 4 is 15.7 Å². The molecule has 0 saturated heterocycles. The highest BCUT2D eigenvalue weighted by atomic mass is 32.2. The van der Waals surface area contributed by atoms with Crippen LogP contribution >= 0.6 is 0 Å². The fraction of sp³-hybridized carbons (Fsp3) is 0.400. The molecule has 1 unspecified atom stereocenters. The van der Waals surface area contributed by atoms with E-state index in [2.05, 4.69) is 4.72 Å². The Hall–Kier alpha value is -1.11. The first kappa shape index (κ1) is 13.0. The van der Waals surface area contributed by atoms with Crippen molar-refractivity contribution < 1.29 is 13.5 Å². The predicted molar refractivity (Wildman–Crippen MR) is 62.5 cm³/mol. The number of rotatable bonds is 4. The summed E-state index contributed by atoms with van der Waals surface area (Å²) in [4.78, 5) is 0.146. The van der Waals surface area contributed by atoms with E-state index >= 15 is 0 Å². The van der Waals surface area contributed by atoms with Crippen LogP contribution in [0.2, 0.25) is 0 Å². The maximum absolute atomic E-state index is 11.8. The minimum absolute atomic E-state index is 0.0173. The minimum Gasteiger partial charge on any atom is -0.398 e. The monoisotopic (exact) mass is 244 g/mol. The zero-order valence-corrected chi connectivity index (χ0v) is 10.1. The fourth-order valence-corrected chi connectivity index (χ4v) is 2.63. The summed E-state index contributed by atoms with van der Waals surface area (Å²) in [5, 5.41) is 9.03. The molecule has 0 aliphatic rings. The van der Waals surface area contributed by atoms with Gasteiger partial charge in [-0.3, -0.25) is 0 Å². The summed E-state index contributed by atoms with van der Waals surface area (Å²) in [5.74, 6) is 0. The highest BCUT2D eigenvalue weighted by molar-refractivity contribution is 7.89. The van der Waals surface area contributed by atoms with E-state index in [1.165, 1.54) is 13.0 Å². The number of sulfonamides is 1. The predicted octanol–water partition coefficient (Wildman–Crippen LogP) is 0.236. The van der Waals surface area contributed by atoms with Gasteiger partial charge in [0.15, 0.2) is 0 Å². The highest BCUT2D eigenvalue weighted by Crippen LogP contribution is 2.19. The van der Waals surface area contributed by atoms with Crippen LogP contribution < -0.4 is 10.5 Å². The average molecular weight is 244 g/mol. The Kier molecular flexibility index (Phi) is 3.90. The van der Waals surface area contributed by atoms with E-state index in [9.17, 15) is 8.42 Å². The van der Waals surface area contributed by atoms with Crippen molar-refractivity contribution in [3.8, 4) is 0 Å². The summed E-state index contributed by atoms with van der Waals surface area (Å²) >= 11 is 0. The van der Waals surface area contributed by atoms with Gasteiger partial charge in [0.05, 0.1) is 11.0 Å². The summed E-state index contributed by atoms with van der Waals surface area (Å²) in [5.41, 5.74) is 6.58. The maximum atomic E-state index is 11.8. The number of nitrogen functional groups attached to an aromatic ring is 1. The lowest BCUT2D eigenvalue weighted by Crippen LogP contribution is -2.31. The molecule has 0 aliphatic carbocycles. The van der Waals surface area contributed by atoms with E-state index in [4.69, 9.17) is 10.8 Å². The highest BCUT2D eigenvalue weighted by Gasteiger charge is 2.17. The molecule has 0 aliphatic heterocycles. The van der Waals surface area contributed by atoms with Gasteiger partial charge in [-0.1, -0.05) is 6.07 Å². The summed E-state index contributed by atoms with van der Waals surface area (Å²) in [6.45, 7) is 3.14. The minimum atomic E-state index is -3.60. The molecule has 5 nitrogen and oxygen atoms in total. The van der Waals surface area contributed by atoms with Crippen molar-refractivity contribution in [1.29, 1.82) is 0 Å². The van der Waals surface area contributed by atoms with Crippen LogP contribution in [-0.4, -0.2) is 26.2 Å². The molecule has 0 fully saturated rings. The van der Waals surface area contributed by atoms with Gasteiger partial charge in [0, 0.05) is 12.2 Å². The normalized spacial score (nSPS) is 13.7. The van der Waals surface area contributed by atoms with E-state index in [-0.39, 0.29) is 11.4 Å². The van der Waals surface area contributed by atoms with Gasteiger partial charge in [-0.05, 0) is 31.5 Å². The third-order valence-corrected chi connectivity index (χ3v) is 3.75. The molecule has 0 radical (unpaired) electrons. The van der Waals surface area contributed by atoms with Crippen molar-refractivity contribution in [3.05, 3.63) is 23.8 Å². The lowest BCUT2D eigenvalue weighted by molar-refractivity contribution is 0.198. The van der Waals surface area contributed by atoms with Gasteiger partial charge in [0.1, 0.15) is 0 Å². The first-order chi connectivity index (χ1) is 7.34. The number of nitrogens with one attached hydrogen (secondary N) is 1. The van der Waals surface area contributed by atoms with Gasteiger partial charge in [-0.15, -0.1) is 0 Å². The van der Waals surface area contributed by atoms with Crippen molar-refractivity contribution in [2.24, 2.45) is 0 Å². The molecule has 1 aromatic rings. The molecule has 1 rings (SSSR count). The van der Waals surface area contributed by atoms with E-state index in [0.717, 1.165) is 0 Å². The van der Waals surface area contributed by atoms with Crippen LogP contribution in [0.1, 0.15) is 12.5 Å². The molecule has 90 valence electrons. The molecule has 4 N–H and O–H groups in total. The van der Waals surface area contributed by atoms with Crippen LogP contribution in [0.5, 0.6) is 0 Å². The van der Waals surface area contributed by atoms with Crippen LogP contribution in [0.4, 0.5) is 5.69 Å². The first-order valence-corrected chi connectivity index (χ1v) is 6.35. The van der Waals surface area contributed by atoms with E-state index < -0.39 is 16.1 Å². The summed E-state index contributed by atoms with van der Waals surface area (Å²) in [7, 11) is -3.60. The van der Waals surface area contributed by atoms with Gasteiger partial charge in [-0.25, -0.2) is 13.1 Å².